The number of halogens is 2. The van der Waals surface area contributed by atoms with Gasteiger partial charge in [-0.15, -0.1) is 0 Å². The molecule has 6 rings (SSSR count). The molecule has 1 aliphatic heterocycles. The Morgan fingerprint density at radius 1 is 1.00 bits per heavy atom. The highest BCUT2D eigenvalue weighted by Crippen LogP contribution is 2.46. The summed E-state index contributed by atoms with van der Waals surface area (Å²) in [7, 11) is 0. The first-order valence-corrected chi connectivity index (χ1v) is 12.2. The minimum Gasteiger partial charge on any atom is -0.370 e. The number of nitrogens with zero attached hydrogens (tertiary/aromatic N) is 5. The predicted molar refractivity (Wildman–Crippen MR) is 135 cm³/mol. The minimum absolute atomic E-state index is 0.426. The van der Waals surface area contributed by atoms with Gasteiger partial charge < -0.3 is 9.42 Å². The molecule has 34 heavy (non-hydrogen) atoms. The number of hydrogen-bond donors (Lipinski definition) is 0. The SMILES string of the molecule is Cc1cnn(-c2ccc(N3CC(/C=C/c4c(-c5c(Cl)cncc5Cl)noc4C4CC4)C3)cc2)c1. The third kappa shape index (κ3) is 4.01. The van der Waals surface area contributed by atoms with Gasteiger partial charge in [0.2, 0.25) is 0 Å². The lowest BCUT2D eigenvalue weighted by Gasteiger charge is -2.39. The average Bonchev–Trinajstić information content (AvgIpc) is 3.42. The van der Waals surface area contributed by atoms with E-state index in [0.29, 0.717) is 33.1 Å². The standard InChI is InChI=1S/C26H23Cl2N5O/c1-16-10-30-33(13-16)20-7-5-19(6-8-20)32-14-17(15-32)2-9-21-25(31-34-26(21)18-3-4-18)24-22(27)11-29-12-23(24)28/h2,5-13,17-18H,3-4,14-15H2,1H3/b9-2+. The molecule has 1 aromatic carbocycles. The van der Waals surface area contributed by atoms with E-state index in [2.05, 4.69) is 56.6 Å². The average molecular weight is 492 g/mol. The Bertz CT molecular complexity index is 1340. The van der Waals surface area contributed by atoms with Gasteiger partial charge >= 0.3 is 0 Å². The number of hydrogen-bond acceptors (Lipinski definition) is 5. The Morgan fingerprint density at radius 3 is 2.35 bits per heavy atom. The van der Waals surface area contributed by atoms with Crippen LogP contribution in [0.3, 0.4) is 0 Å². The molecular formula is C26H23Cl2N5O. The molecule has 1 aliphatic carbocycles. The summed E-state index contributed by atoms with van der Waals surface area (Å²) in [5.41, 5.74) is 5.78. The van der Waals surface area contributed by atoms with Crippen LogP contribution < -0.4 is 4.90 Å². The van der Waals surface area contributed by atoms with Crippen LogP contribution in [0, 0.1) is 12.8 Å². The van der Waals surface area contributed by atoms with Crippen molar-refractivity contribution in [2.75, 3.05) is 18.0 Å². The third-order valence-corrected chi connectivity index (χ3v) is 7.00. The van der Waals surface area contributed by atoms with Crippen molar-refractivity contribution in [1.82, 2.24) is 19.9 Å². The second-order valence-corrected chi connectivity index (χ2v) is 9.88. The molecule has 0 amide bonds. The van der Waals surface area contributed by atoms with Crippen molar-refractivity contribution in [3.63, 3.8) is 0 Å². The van der Waals surface area contributed by atoms with E-state index in [0.717, 1.165) is 48.5 Å². The maximum Gasteiger partial charge on any atom is 0.147 e. The number of aryl methyl sites for hydroxylation is 1. The van der Waals surface area contributed by atoms with Crippen molar-refractivity contribution in [2.45, 2.75) is 25.7 Å². The summed E-state index contributed by atoms with van der Waals surface area (Å²) in [4.78, 5) is 6.44. The molecule has 0 radical (unpaired) electrons. The molecule has 2 fully saturated rings. The zero-order chi connectivity index (χ0) is 23.2. The van der Waals surface area contributed by atoms with E-state index in [1.54, 1.807) is 12.4 Å². The van der Waals surface area contributed by atoms with Gasteiger partial charge in [0, 0.05) is 60.3 Å². The lowest BCUT2D eigenvalue weighted by atomic mass is 9.96. The molecule has 1 saturated carbocycles. The van der Waals surface area contributed by atoms with Crippen LogP contribution in [0.5, 0.6) is 0 Å². The van der Waals surface area contributed by atoms with Crippen molar-refractivity contribution in [1.29, 1.82) is 0 Å². The molecule has 6 nitrogen and oxygen atoms in total. The van der Waals surface area contributed by atoms with E-state index in [9.17, 15) is 0 Å². The molecule has 0 atom stereocenters. The third-order valence-electron chi connectivity index (χ3n) is 6.43. The quantitative estimate of drug-likeness (QED) is 0.305. The van der Waals surface area contributed by atoms with Crippen molar-refractivity contribution in [3.8, 4) is 16.9 Å². The van der Waals surface area contributed by atoms with Crippen LogP contribution in [-0.2, 0) is 0 Å². The van der Waals surface area contributed by atoms with Crippen LogP contribution in [0.1, 0.15) is 35.6 Å². The maximum absolute atomic E-state index is 6.42. The maximum atomic E-state index is 6.42. The lowest BCUT2D eigenvalue weighted by Crippen LogP contribution is -2.45. The topological polar surface area (TPSA) is 60.0 Å². The minimum atomic E-state index is 0.426. The Labute approximate surface area is 207 Å². The monoisotopic (exact) mass is 491 g/mol. The molecule has 0 unspecified atom stereocenters. The zero-order valence-electron chi connectivity index (χ0n) is 18.7. The summed E-state index contributed by atoms with van der Waals surface area (Å²) in [6.07, 6.45) is 13.7. The Morgan fingerprint density at radius 2 is 1.71 bits per heavy atom. The predicted octanol–water partition coefficient (Wildman–Crippen LogP) is 6.56. The van der Waals surface area contributed by atoms with Gasteiger partial charge in [-0.2, -0.15) is 5.10 Å². The number of benzene rings is 1. The number of anilines is 1. The van der Waals surface area contributed by atoms with Crippen LogP contribution in [-0.4, -0.2) is 33.0 Å². The van der Waals surface area contributed by atoms with Gasteiger partial charge in [-0.1, -0.05) is 40.5 Å². The molecule has 2 aliphatic rings. The smallest absolute Gasteiger partial charge is 0.147 e. The number of rotatable bonds is 6. The molecule has 0 bridgehead atoms. The summed E-state index contributed by atoms with van der Waals surface area (Å²) < 4.78 is 7.65. The van der Waals surface area contributed by atoms with Crippen molar-refractivity contribution < 1.29 is 4.52 Å². The van der Waals surface area contributed by atoms with Gasteiger partial charge in [0.05, 0.1) is 21.9 Å². The first-order chi connectivity index (χ1) is 16.6. The summed E-state index contributed by atoms with van der Waals surface area (Å²) in [5.74, 6) is 1.80. The van der Waals surface area contributed by atoms with Crippen LogP contribution in [0.4, 0.5) is 5.69 Å². The van der Waals surface area contributed by atoms with E-state index in [4.69, 9.17) is 27.7 Å². The molecule has 172 valence electrons. The highest BCUT2D eigenvalue weighted by atomic mass is 35.5. The number of pyridine rings is 1. The first kappa shape index (κ1) is 21.4. The zero-order valence-corrected chi connectivity index (χ0v) is 20.2. The molecule has 4 heterocycles. The van der Waals surface area contributed by atoms with E-state index < -0.39 is 0 Å². The van der Waals surface area contributed by atoms with E-state index >= 15 is 0 Å². The largest absolute Gasteiger partial charge is 0.370 e. The first-order valence-electron chi connectivity index (χ1n) is 11.4. The normalized spacial score (nSPS) is 16.4. The van der Waals surface area contributed by atoms with Crippen molar-refractivity contribution >= 4 is 35.0 Å². The summed E-state index contributed by atoms with van der Waals surface area (Å²) in [6.45, 7) is 3.97. The molecule has 1 saturated heterocycles. The van der Waals surface area contributed by atoms with Gasteiger partial charge in [0.25, 0.3) is 0 Å². The van der Waals surface area contributed by atoms with Crippen LogP contribution >= 0.6 is 23.2 Å². The van der Waals surface area contributed by atoms with Gasteiger partial charge in [-0.05, 0) is 49.6 Å². The highest BCUT2D eigenvalue weighted by molar-refractivity contribution is 6.39. The second kappa shape index (κ2) is 8.60. The fraction of sp³-hybridized carbons (Fsp3) is 0.269. The van der Waals surface area contributed by atoms with Crippen LogP contribution in [0.2, 0.25) is 10.0 Å². The lowest BCUT2D eigenvalue weighted by molar-refractivity contribution is 0.386. The number of aromatic nitrogens is 4. The van der Waals surface area contributed by atoms with E-state index in [1.807, 2.05) is 24.0 Å². The van der Waals surface area contributed by atoms with Crippen LogP contribution in [0.15, 0.2) is 59.7 Å². The van der Waals surface area contributed by atoms with Gasteiger partial charge in [0.15, 0.2) is 0 Å². The van der Waals surface area contributed by atoms with Crippen LogP contribution in [0.25, 0.3) is 23.0 Å². The Hall–Kier alpha value is -3.09. The summed E-state index contributed by atoms with van der Waals surface area (Å²) >= 11 is 12.8. The van der Waals surface area contributed by atoms with Gasteiger partial charge in [0.1, 0.15) is 11.5 Å². The van der Waals surface area contributed by atoms with Gasteiger partial charge in [-0.25, -0.2) is 4.68 Å². The Balaban J connectivity index is 1.18. The van der Waals surface area contributed by atoms with Gasteiger partial charge in [-0.3, -0.25) is 4.98 Å². The molecule has 8 heteroatoms. The van der Waals surface area contributed by atoms with Crippen molar-refractivity contribution in [3.05, 3.63) is 82.1 Å². The summed E-state index contributed by atoms with van der Waals surface area (Å²) in [6, 6.07) is 8.53. The summed E-state index contributed by atoms with van der Waals surface area (Å²) in [5, 5.41) is 9.68. The fourth-order valence-electron chi connectivity index (χ4n) is 4.38. The highest BCUT2D eigenvalue weighted by Gasteiger charge is 2.33. The van der Waals surface area contributed by atoms with E-state index in [1.165, 1.54) is 5.69 Å². The van der Waals surface area contributed by atoms with Crippen molar-refractivity contribution in [2.24, 2.45) is 5.92 Å². The van der Waals surface area contributed by atoms with E-state index in [-0.39, 0.29) is 0 Å². The molecule has 4 aromatic rings. The molecule has 3 aromatic heterocycles. The molecular weight excluding hydrogens is 469 g/mol. The molecule has 0 spiro atoms. The Kier molecular flexibility index (Phi) is 5.42. The fourth-order valence-corrected chi connectivity index (χ4v) is 4.92. The second-order valence-electron chi connectivity index (χ2n) is 9.06. The molecule has 0 N–H and O–H groups in total.